The fourth-order valence-corrected chi connectivity index (χ4v) is 4.79. The molecule has 0 radical (unpaired) electrons. The number of hydrogen-bond donors (Lipinski definition) is 1. The molecule has 1 atom stereocenters. The summed E-state index contributed by atoms with van der Waals surface area (Å²) in [4.78, 5) is 25.5. The van der Waals surface area contributed by atoms with Crippen molar-refractivity contribution in [2.45, 2.75) is 64.1 Å². The van der Waals surface area contributed by atoms with Crippen LogP contribution in [-0.2, 0) is 9.47 Å². The molecule has 2 aliphatic heterocycles. The highest BCUT2D eigenvalue weighted by atomic mass is 35.5. The summed E-state index contributed by atoms with van der Waals surface area (Å²) >= 11 is 6.10. The lowest BCUT2D eigenvalue weighted by Crippen LogP contribution is -2.56. The second kappa shape index (κ2) is 8.75. The average molecular weight is 438 g/mol. The third-order valence-electron chi connectivity index (χ3n) is 6.04. The van der Waals surface area contributed by atoms with Gasteiger partial charge in [0.25, 0.3) is 0 Å². The van der Waals surface area contributed by atoms with Crippen molar-refractivity contribution >= 4 is 29.2 Å². The largest absolute Gasteiger partial charge is 0.444 e. The number of rotatable bonds is 3. The topological polar surface area (TPSA) is 79.8 Å². The van der Waals surface area contributed by atoms with Gasteiger partial charge in [-0.25, -0.2) is 9.78 Å². The van der Waals surface area contributed by atoms with Gasteiger partial charge >= 0.3 is 6.09 Å². The van der Waals surface area contributed by atoms with E-state index in [0.29, 0.717) is 25.2 Å². The minimum atomic E-state index is -0.468. The number of aromatic nitrogens is 2. The van der Waals surface area contributed by atoms with Crippen LogP contribution in [0.5, 0.6) is 0 Å². The Morgan fingerprint density at radius 3 is 2.83 bits per heavy atom. The zero-order chi connectivity index (χ0) is 21.3. The first-order chi connectivity index (χ1) is 14.3. The number of carbonyl (C=O) groups is 1. The molecule has 1 amide bonds. The number of nitrogens with zero attached hydrogens (tertiary/aromatic N) is 4. The monoisotopic (exact) mass is 437 g/mol. The molecule has 3 heterocycles. The number of halogens is 1. The zero-order valence-corrected chi connectivity index (χ0v) is 18.8. The highest BCUT2D eigenvalue weighted by molar-refractivity contribution is 6.28. The molecule has 1 aliphatic carbocycles. The second-order valence-electron chi connectivity index (χ2n) is 9.54. The first-order valence-corrected chi connectivity index (χ1v) is 11.3. The van der Waals surface area contributed by atoms with Crippen LogP contribution in [0.2, 0.25) is 5.28 Å². The summed E-state index contributed by atoms with van der Waals surface area (Å²) in [7, 11) is 0. The quantitative estimate of drug-likeness (QED) is 0.727. The lowest BCUT2D eigenvalue weighted by molar-refractivity contribution is 0.0487. The Bertz CT molecular complexity index is 763. The van der Waals surface area contributed by atoms with E-state index < -0.39 is 5.60 Å². The molecule has 1 unspecified atom stereocenters. The van der Waals surface area contributed by atoms with E-state index in [-0.39, 0.29) is 17.4 Å². The molecule has 30 heavy (non-hydrogen) atoms. The predicted molar refractivity (Wildman–Crippen MR) is 116 cm³/mol. The van der Waals surface area contributed by atoms with Crippen molar-refractivity contribution in [3.63, 3.8) is 0 Å². The first kappa shape index (κ1) is 21.4. The molecule has 1 saturated heterocycles. The minimum absolute atomic E-state index is 0.189. The Balaban J connectivity index is 1.35. The average Bonchev–Trinajstić information content (AvgIpc) is 2.68. The van der Waals surface area contributed by atoms with E-state index in [1.807, 2.05) is 27.0 Å². The molecule has 2 fully saturated rings. The third kappa shape index (κ3) is 5.09. The molecule has 8 nitrogen and oxygen atoms in total. The van der Waals surface area contributed by atoms with E-state index in [4.69, 9.17) is 21.1 Å². The Morgan fingerprint density at radius 1 is 1.33 bits per heavy atom. The van der Waals surface area contributed by atoms with Crippen LogP contribution in [0.1, 0.15) is 46.5 Å². The Labute approximate surface area is 183 Å². The van der Waals surface area contributed by atoms with Crippen LogP contribution in [0, 0.1) is 5.92 Å². The van der Waals surface area contributed by atoms with Crippen molar-refractivity contribution in [1.82, 2.24) is 15.3 Å². The molecule has 9 heteroatoms. The van der Waals surface area contributed by atoms with Crippen LogP contribution in [0.4, 0.5) is 16.3 Å². The van der Waals surface area contributed by atoms with Crippen molar-refractivity contribution in [2.24, 2.45) is 5.92 Å². The van der Waals surface area contributed by atoms with E-state index in [1.54, 1.807) is 0 Å². The number of alkyl carbamates (subject to hydrolysis) is 1. The summed E-state index contributed by atoms with van der Waals surface area (Å²) in [5.74, 6) is 1.50. The number of carbonyl (C=O) groups excluding carboxylic acids is 1. The maximum absolute atomic E-state index is 12.0. The minimum Gasteiger partial charge on any atom is -0.444 e. The third-order valence-corrected chi connectivity index (χ3v) is 6.22. The van der Waals surface area contributed by atoms with Gasteiger partial charge in [-0.2, -0.15) is 4.98 Å². The van der Waals surface area contributed by atoms with Crippen LogP contribution in [0.3, 0.4) is 0 Å². The van der Waals surface area contributed by atoms with Crippen molar-refractivity contribution in [3.8, 4) is 0 Å². The molecular formula is C21H32ClN5O3. The van der Waals surface area contributed by atoms with E-state index in [0.717, 1.165) is 56.8 Å². The van der Waals surface area contributed by atoms with Crippen molar-refractivity contribution in [1.29, 1.82) is 0 Å². The molecule has 4 rings (SSSR count). The zero-order valence-electron chi connectivity index (χ0n) is 18.1. The molecule has 1 saturated carbocycles. The van der Waals surface area contributed by atoms with Gasteiger partial charge in [-0.1, -0.05) is 0 Å². The first-order valence-electron chi connectivity index (χ1n) is 10.9. The molecule has 1 aromatic rings. The lowest BCUT2D eigenvalue weighted by atomic mass is 9.85. The summed E-state index contributed by atoms with van der Waals surface area (Å²) in [5.41, 5.74) is 0.594. The maximum Gasteiger partial charge on any atom is 0.407 e. The van der Waals surface area contributed by atoms with Gasteiger partial charge in [-0.05, 0) is 64.0 Å². The number of amides is 1. The van der Waals surface area contributed by atoms with Gasteiger partial charge in [0.05, 0.1) is 31.1 Å². The predicted octanol–water partition coefficient (Wildman–Crippen LogP) is 3.24. The van der Waals surface area contributed by atoms with Gasteiger partial charge in [0.1, 0.15) is 5.60 Å². The SMILES string of the molecule is CC(C)(C)OC(=O)NC1CCC(CN2CC3COCCN3c3nc(Cl)ncc32)CC1. The van der Waals surface area contributed by atoms with Crippen LogP contribution in [0.15, 0.2) is 6.20 Å². The Hall–Kier alpha value is -1.80. The van der Waals surface area contributed by atoms with Crippen molar-refractivity contribution < 1.29 is 14.3 Å². The molecule has 166 valence electrons. The number of nitrogens with one attached hydrogen (secondary N) is 1. The number of anilines is 2. The van der Waals surface area contributed by atoms with Crippen LogP contribution < -0.4 is 15.1 Å². The summed E-state index contributed by atoms with van der Waals surface area (Å²) in [6, 6.07) is 0.483. The van der Waals surface area contributed by atoms with Crippen LogP contribution in [0.25, 0.3) is 0 Å². The van der Waals surface area contributed by atoms with Crippen molar-refractivity contribution in [2.75, 3.05) is 42.6 Å². The van der Waals surface area contributed by atoms with Gasteiger partial charge in [0.15, 0.2) is 5.82 Å². The van der Waals surface area contributed by atoms with Gasteiger partial charge in [-0.15, -0.1) is 0 Å². The lowest BCUT2D eigenvalue weighted by Gasteiger charge is -2.46. The van der Waals surface area contributed by atoms with Gasteiger partial charge in [-0.3, -0.25) is 0 Å². The van der Waals surface area contributed by atoms with E-state index >= 15 is 0 Å². The van der Waals surface area contributed by atoms with Crippen LogP contribution >= 0.6 is 11.6 Å². The molecule has 1 aromatic heterocycles. The molecule has 3 aliphatic rings. The summed E-state index contributed by atoms with van der Waals surface area (Å²) in [6.45, 7) is 9.78. The normalized spacial score (nSPS) is 26.6. The molecule has 0 aromatic carbocycles. The number of fused-ring (bicyclic) bond motifs is 3. The van der Waals surface area contributed by atoms with E-state index in [2.05, 4.69) is 25.1 Å². The van der Waals surface area contributed by atoms with Gasteiger partial charge in [0, 0.05) is 25.7 Å². The van der Waals surface area contributed by atoms with Crippen LogP contribution in [-0.4, -0.2) is 66.6 Å². The standard InChI is InChI=1S/C21H32ClN5O3/c1-21(2,3)30-20(28)24-15-6-4-14(5-7-15)11-26-12-16-13-29-9-8-27(16)18-17(26)10-23-19(22)25-18/h10,14-16H,4-9,11-13H2,1-3H3,(H,24,28). The summed E-state index contributed by atoms with van der Waals surface area (Å²) < 4.78 is 11.1. The maximum atomic E-state index is 12.0. The van der Waals surface area contributed by atoms with Crippen molar-refractivity contribution in [3.05, 3.63) is 11.5 Å². The Kier molecular flexibility index (Phi) is 6.25. The molecule has 1 N–H and O–H groups in total. The van der Waals surface area contributed by atoms with E-state index in [1.165, 1.54) is 0 Å². The molecule has 0 spiro atoms. The van der Waals surface area contributed by atoms with E-state index in [9.17, 15) is 4.79 Å². The fraction of sp³-hybridized carbons (Fsp3) is 0.762. The summed E-state index contributed by atoms with van der Waals surface area (Å²) in [6.07, 6.45) is 5.63. The number of hydrogen-bond acceptors (Lipinski definition) is 7. The second-order valence-corrected chi connectivity index (χ2v) is 9.88. The summed E-state index contributed by atoms with van der Waals surface area (Å²) in [5, 5.41) is 3.31. The molecular weight excluding hydrogens is 406 g/mol. The fourth-order valence-electron chi connectivity index (χ4n) is 4.67. The highest BCUT2D eigenvalue weighted by Gasteiger charge is 2.36. The highest BCUT2D eigenvalue weighted by Crippen LogP contribution is 2.37. The van der Waals surface area contributed by atoms with Gasteiger partial charge < -0.3 is 24.6 Å². The smallest absolute Gasteiger partial charge is 0.407 e. The number of ether oxygens (including phenoxy) is 2. The Morgan fingerprint density at radius 2 is 2.10 bits per heavy atom. The van der Waals surface area contributed by atoms with Gasteiger partial charge in [0.2, 0.25) is 5.28 Å². The number of morpholine rings is 1. The molecule has 0 bridgehead atoms.